The smallest absolute Gasteiger partial charge is 0.260 e. The minimum absolute atomic E-state index is 0.348. The molecule has 0 atom stereocenters. The average molecular weight is 350 g/mol. The first-order chi connectivity index (χ1) is 12.1. The topological polar surface area (TPSA) is 81.2 Å². The van der Waals surface area contributed by atoms with Crippen LogP contribution in [0.25, 0.3) is 0 Å². The molecule has 0 saturated carbocycles. The molecule has 8 nitrogen and oxygen atoms in total. The van der Waals surface area contributed by atoms with Crippen LogP contribution in [-0.2, 0) is 6.42 Å². The average Bonchev–Trinajstić information content (AvgIpc) is 2.66. The number of ether oxygens (including phenoxy) is 6. The Kier molecular flexibility index (Phi) is 6.10. The first-order valence-corrected chi connectivity index (χ1v) is 7.43. The summed E-state index contributed by atoms with van der Waals surface area (Å²) in [5, 5.41) is 0. The number of rotatable bonds is 8. The molecule has 0 aliphatic rings. The largest absolute Gasteiger partial charge is 0.491 e. The van der Waals surface area contributed by atoms with Crippen molar-refractivity contribution in [1.29, 1.82) is 0 Å². The molecule has 0 N–H and O–H groups in total. The molecule has 25 heavy (non-hydrogen) atoms. The van der Waals surface area contributed by atoms with Crippen LogP contribution in [0, 0.1) is 0 Å². The van der Waals surface area contributed by atoms with E-state index in [1.165, 1.54) is 14.2 Å². The quantitative estimate of drug-likeness (QED) is 0.716. The van der Waals surface area contributed by atoms with Crippen LogP contribution in [0.5, 0.6) is 35.0 Å². The van der Waals surface area contributed by atoms with Crippen molar-refractivity contribution in [3.63, 3.8) is 0 Å². The monoisotopic (exact) mass is 350 g/mol. The number of nitrogens with zero attached hydrogens (tertiary/aromatic N) is 2. The van der Waals surface area contributed by atoms with Gasteiger partial charge in [-0.25, -0.2) is 0 Å². The number of hydrogen-bond acceptors (Lipinski definition) is 8. The van der Waals surface area contributed by atoms with Gasteiger partial charge in [0, 0.05) is 17.5 Å². The third-order valence-corrected chi connectivity index (χ3v) is 3.58. The first-order valence-electron chi connectivity index (χ1n) is 7.43. The van der Waals surface area contributed by atoms with Gasteiger partial charge in [0.05, 0.1) is 42.7 Å². The molecule has 0 unspecified atom stereocenters. The van der Waals surface area contributed by atoms with E-state index in [-0.39, 0.29) is 0 Å². The third-order valence-electron chi connectivity index (χ3n) is 3.58. The summed E-state index contributed by atoms with van der Waals surface area (Å²) in [6.45, 7) is 0. The van der Waals surface area contributed by atoms with Crippen molar-refractivity contribution < 1.29 is 28.4 Å². The number of methoxy groups -OCH3 is 6. The Labute approximate surface area is 146 Å². The predicted octanol–water partition coefficient (Wildman–Crippen LogP) is 2.12. The molecule has 0 aliphatic heterocycles. The van der Waals surface area contributed by atoms with Gasteiger partial charge in [0.15, 0.2) is 11.5 Å². The predicted molar refractivity (Wildman–Crippen MR) is 90.6 cm³/mol. The van der Waals surface area contributed by atoms with Crippen LogP contribution in [0.3, 0.4) is 0 Å². The van der Waals surface area contributed by atoms with E-state index < -0.39 is 0 Å². The van der Waals surface area contributed by atoms with Crippen molar-refractivity contribution >= 4 is 0 Å². The molecule has 2 heterocycles. The van der Waals surface area contributed by atoms with Gasteiger partial charge < -0.3 is 28.4 Å². The summed E-state index contributed by atoms with van der Waals surface area (Å²) in [5.74, 6) is 2.56. The van der Waals surface area contributed by atoms with Crippen molar-refractivity contribution in [3.8, 4) is 35.0 Å². The fourth-order valence-corrected chi connectivity index (χ4v) is 2.40. The summed E-state index contributed by atoms with van der Waals surface area (Å²) >= 11 is 0. The Morgan fingerprint density at radius 2 is 0.920 bits per heavy atom. The molecule has 0 amide bonds. The molecule has 2 aromatic heterocycles. The number of aromatic nitrogens is 2. The van der Waals surface area contributed by atoms with Crippen LogP contribution in [0.15, 0.2) is 12.1 Å². The van der Waals surface area contributed by atoms with Gasteiger partial charge in [-0.3, -0.25) is 0 Å². The zero-order valence-corrected chi connectivity index (χ0v) is 15.2. The summed E-state index contributed by atoms with van der Waals surface area (Å²) in [6, 6.07) is 3.61. The van der Waals surface area contributed by atoms with Crippen LogP contribution in [-0.4, -0.2) is 52.6 Å². The fraction of sp³-hybridized carbons (Fsp3) is 0.412. The van der Waals surface area contributed by atoms with Crippen LogP contribution >= 0.6 is 0 Å². The minimum atomic E-state index is 0.348. The van der Waals surface area contributed by atoms with Gasteiger partial charge in [-0.15, -0.1) is 0 Å². The molecule has 0 radical (unpaired) electrons. The molecule has 0 aromatic carbocycles. The Bertz CT molecular complexity index is 674. The maximum Gasteiger partial charge on any atom is 0.260 e. The zero-order valence-electron chi connectivity index (χ0n) is 15.2. The van der Waals surface area contributed by atoms with Crippen LogP contribution in [0.4, 0.5) is 0 Å². The van der Waals surface area contributed by atoms with Gasteiger partial charge in [0.2, 0.25) is 11.8 Å². The van der Waals surface area contributed by atoms with E-state index in [0.717, 1.165) is 11.1 Å². The fourth-order valence-electron chi connectivity index (χ4n) is 2.40. The third kappa shape index (κ3) is 3.78. The zero-order chi connectivity index (χ0) is 18.4. The Morgan fingerprint density at radius 1 is 0.560 bits per heavy atom. The van der Waals surface area contributed by atoms with Crippen molar-refractivity contribution in [2.75, 3.05) is 42.7 Å². The van der Waals surface area contributed by atoms with Gasteiger partial charge in [-0.05, 0) is 12.1 Å². The number of hydrogen-bond donors (Lipinski definition) is 0. The molecule has 2 aromatic rings. The summed E-state index contributed by atoms with van der Waals surface area (Å²) in [4.78, 5) is 8.64. The van der Waals surface area contributed by atoms with Crippen molar-refractivity contribution in [2.45, 2.75) is 6.42 Å². The van der Waals surface area contributed by atoms with Gasteiger partial charge in [0.1, 0.15) is 0 Å². The van der Waals surface area contributed by atoms with Crippen LogP contribution in [0.1, 0.15) is 11.1 Å². The van der Waals surface area contributed by atoms with Gasteiger partial charge in [-0.2, -0.15) is 9.97 Å². The van der Waals surface area contributed by atoms with E-state index in [2.05, 4.69) is 9.97 Å². The van der Waals surface area contributed by atoms with Crippen molar-refractivity contribution in [2.24, 2.45) is 0 Å². The molecule has 0 spiro atoms. The van der Waals surface area contributed by atoms with E-state index in [1.807, 2.05) is 0 Å². The highest BCUT2D eigenvalue weighted by Crippen LogP contribution is 2.36. The highest BCUT2D eigenvalue weighted by atomic mass is 16.5. The molecule has 0 fully saturated rings. The van der Waals surface area contributed by atoms with E-state index in [1.54, 1.807) is 40.6 Å². The standard InChI is InChI=1S/C17H22N2O6/c1-20-12-8-10(14(22-3)18-16(12)24-5)7-11-9-13(21-2)17(25-6)19-15(11)23-4/h8-9H,7H2,1-6H3. The molecule has 2 rings (SSSR count). The SMILES string of the molecule is COc1cc(Cc2cc(OC)c(OC)nc2OC)c(OC)nc1OC. The second kappa shape index (κ2) is 8.27. The Morgan fingerprint density at radius 3 is 1.20 bits per heavy atom. The number of pyridine rings is 2. The molecule has 0 bridgehead atoms. The van der Waals surface area contributed by atoms with Crippen molar-refractivity contribution in [1.82, 2.24) is 9.97 Å². The van der Waals surface area contributed by atoms with Gasteiger partial charge in [0.25, 0.3) is 11.8 Å². The molecule has 8 heteroatoms. The lowest BCUT2D eigenvalue weighted by atomic mass is 10.1. The maximum atomic E-state index is 5.37. The van der Waals surface area contributed by atoms with Crippen LogP contribution in [0.2, 0.25) is 0 Å². The van der Waals surface area contributed by atoms with Gasteiger partial charge in [-0.1, -0.05) is 0 Å². The van der Waals surface area contributed by atoms with E-state index in [4.69, 9.17) is 28.4 Å². The molecule has 0 saturated heterocycles. The highest BCUT2D eigenvalue weighted by molar-refractivity contribution is 5.48. The maximum absolute atomic E-state index is 5.37. The molecule has 136 valence electrons. The van der Waals surface area contributed by atoms with E-state index in [9.17, 15) is 0 Å². The Hall–Kier alpha value is -2.90. The summed E-state index contributed by atoms with van der Waals surface area (Å²) in [6.07, 6.45) is 0.438. The normalized spacial score (nSPS) is 10.2. The second-order valence-corrected chi connectivity index (χ2v) is 4.91. The highest BCUT2D eigenvalue weighted by Gasteiger charge is 2.19. The summed E-state index contributed by atoms with van der Waals surface area (Å²) < 4.78 is 31.8. The lowest BCUT2D eigenvalue weighted by molar-refractivity contribution is 0.324. The summed E-state index contributed by atoms with van der Waals surface area (Å²) in [5.41, 5.74) is 1.57. The lowest BCUT2D eigenvalue weighted by Crippen LogP contribution is -2.04. The minimum Gasteiger partial charge on any atom is -0.491 e. The van der Waals surface area contributed by atoms with E-state index in [0.29, 0.717) is 41.4 Å². The van der Waals surface area contributed by atoms with Crippen LogP contribution < -0.4 is 28.4 Å². The second-order valence-electron chi connectivity index (χ2n) is 4.91. The Balaban J connectivity index is 2.51. The molecular weight excluding hydrogens is 328 g/mol. The first kappa shape index (κ1) is 18.4. The summed E-state index contributed by atoms with van der Waals surface area (Å²) in [7, 11) is 9.23. The lowest BCUT2D eigenvalue weighted by Gasteiger charge is -2.15. The van der Waals surface area contributed by atoms with E-state index >= 15 is 0 Å². The molecular formula is C17H22N2O6. The molecule has 0 aliphatic carbocycles. The van der Waals surface area contributed by atoms with Crippen molar-refractivity contribution in [3.05, 3.63) is 23.3 Å². The van der Waals surface area contributed by atoms with Gasteiger partial charge >= 0.3 is 0 Å².